The maximum Gasteiger partial charge on any atom is 0.255 e. The van der Waals surface area contributed by atoms with Crippen LogP contribution in [0.3, 0.4) is 0 Å². The summed E-state index contributed by atoms with van der Waals surface area (Å²) in [6, 6.07) is 22.3. The van der Waals surface area contributed by atoms with Crippen LogP contribution in [0.2, 0.25) is 0 Å². The third-order valence-corrected chi connectivity index (χ3v) is 4.34. The topological polar surface area (TPSA) is 58.2 Å². The van der Waals surface area contributed by atoms with Gasteiger partial charge in [0, 0.05) is 23.4 Å². The Balaban J connectivity index is 1.61. The van der Waals surface area contributed by atoms with Gasteiger partial charge in [-0.3, -0.25) is 9.59 Å². The number of amides is 2. The summed E-state index contributed by atoms with van der Waals surface area (Å²) in [7, 11) is 0. The van der Waals surface area contributed by atoms with Crippen LogP contribution < -0.4 is 10.6 Å². The second-order valence-corrected chi connectivity index (χ2v) is 6.52. The van der Waals surface area contributed by atoms with Crippen LogP contribution in [0.25, 0.3) is 0 Å². The Morgan fingerprint density at radius 3 is 2.11 bits per heavy atom. The van der Waals surface area contributed by atoms with Gasteiger partial charge in [0.1, 0.15) is 0 Å². The second-order valence-electron chi connectivity index (χ2n) is 6.52. The Morgan fingerprint density at radius 2 is 1.44 bits per heavy atom. The van der Waals surface area contributed by atoms with Crippen LogP contribution in [0.5, 0.6) is 0 Å². The van der Waals surface area contributed by atoms with E-state index in [4.69, 9.17) is 0 Å². The Labute approximate surface area is 159 Å². The Morgan fingerprint density at radius 1 is 0.778 bits per heavy atom. The SMILES string of the molecule is Cc1cccc(CNC(=O)c2ccc(C(=O)Nc3ccccc3C)cc2)c1. The van der Waals surface area contributed by atoms with E-state index in [9.17, 15) is 9.59 Å². The van der Waals surface area contributed by atoms with Crippen molar-refractivity contribution >= 4 is 17.5 Å². The lowest BCUT2D eigenvalue weighted by Gasteiger charge is -2.09. The van der Waals surface area contributed by atoms with Crippen molar-refractivity contribution in [2.75, 3.05) is 5.32 Å². The molecule has 4 heteroatoms. The average molecular weight is 358 g/mol. The molecule has 0 atom stereocenters. The van der Waals surface area contributed by atoms with E-state index in [-0.39, 0.29) is 11.8 Å². The fourth-order valence-electron chi connectivity index (χ4n) is 2.79. The van der Waals surface area contributed by atoms with E-state index in [0.717, 1.165) is 22.4 Å². The fraction of sp³-hybridized carbons (Fsp3) is 0.130. The maximum absolute atomic E-state index is 12.4. The molecular formula is C23H22N2O2. The first-order chi connectivity index (χ1) is 13.0. The van der Waals surface area contributed by atoms with E-state index in [2.05, 4.69) is 10.6 Å². The zero-order valence-electron chi connectivity index (χ0n) is 15.5. The van der Waals surface area contributed by atoms with Crippen molar-refractivity contribution in [3.05, 3.63) is 101 Å². The highest BCUT2D eigenvalue weighted by molar-refractivity contribution is 6.05. The first-order valence-corrected chi connectivity index (χ1v) is 8.84. The molecule has 0 aliphatic carbocycles. The predicted molar refractivity (Wildman–Crippen MR) is 108 cm³/mol. The lowest BCUT2D eigenvalue weighted by atomic mass is 10.1. The van der Waals surface area contributed by atoms with Crippen molar-refractivity contribution in [1.82, 2.24) is 5.32 Å². The van der Waals surface area contributed by atoms with Gasteiger partial charge in [-0.05, 0) is 55.3 Å². The third-order valence-electron chi connectivity index (χ3n) is 4.34. The lowest BCUT2D eigenvalue weighted by molar-refractivity contribution is 0.0949. The minimum Gasteiger partial charge on any atom is -0.348 e. The fourth-order valence-corrected chi connectivity index (χ4v) is 2.79. The summed E-state index contributed by atoms with van der Waals surface area (Å²) in [6.07, 6.45) is 0. The Kier molecular flexibility index (Phi) is 5.67. The first kappa shape index (κ1) is 18.4. The number of anilines is 1. The van der Waals surface area contributed by atoms with Gasteiger partial charge in [0.15, 0.2) is 0 Å². The molecule has 0 aliphatic rings. The summed E-state index contributed by atoms with van der Waals surface area (Å²) in [5, 5.41) is 5.79. The smallest absolute Gasteiger partial charge is 0.255 e. The summed E-state index contributed by atoms with van der Waals surface area (Å²) in [6.45, 7) is 4.43. The highest BCUT2D eigenvalue weighted by atomic mass is 16.2. The van der Waals surface area contributed by atoms with Crippen LogP contribution in [0.1, 0.15) is 37.4 Å². The number of carbonyl (C=O) groups is 2. The zero-order valence-corrected chi connectivity index (χ0v) is 15.5. The number of rotatable bonds is 5. The van der Waals surface area contributed by atoms with E-state index in [1.165, 1.54) is 0 Å². The average Bonchev–Trinajstić information content (AvgIpc) is 2.68. The summed E-state index contributed by atoms with van der Waals surface area (Å²) >= 11 is 0. The van der Waals surface area contributed by atoms with Crippen molar-refractivity contribution in [2.24, 2.45) is 0 Å². The molecule has 0 fully saturated rings. The summed E-state index contributed by atoms with van der Waals surface area (Å²) in [5.74, 6) is -0.363. The van der Waals surface area contributed by atoms with Crippen molar-refractivity contribution in [3.63, 3.8) is 0 Å². The molecule has 0 aromatic heterocycles. The number of benzene rings is 3. The second kappa shape index (κ2) is 8.32. The van der Waals surface area contributed by atoms with Crippen molar-refractivity contribution < 1.29 is 9.59 Å². The van der Waals surface area contributed by atoms with Crippen LogP contribution >= 0.6 is 0 Å². The lowest BCUT2D eigenvalue weighted by Crippen LogP contribution is -2.23. The van der Waals surface area contributed by atoms with Gasteiger partial charge in [0.25, 0.3) is 11.8 Å². The molecule has 3 rings (SSSR count). The Bertz CT molecular complexity index is 962. The standard InChI is InChI=1S/C23H22N2O2/c1-16-6-5-8-18(14-16)15-24-22(26)19-10-12-20(13-11-19)23(27)25-21-9-4-3-7-17(21)2/h3-14H,15H2,1-2H3,(H,24,26)(H,25,27). The molecule has 136 valence electrons. The highest BCUT2D eigenvalue weighted by Gasteiger charge is 2.10. The minimum atomic E-state index is -0.198. The van der Waals surface area contributed by atoms with Gasteiger partial charge in [0.2, 0.25) is 0 Å². The summed E-state index contributed by atoms with van der Waals surface area (Å²) < 4.78 is 0. The van der Waals surface area contributed by atoms with Gasteiger partial charge >= 0.3 is 0 Å². The summed E-state index contributed by atoms with van der Waals surface area (Å²) in [4.78, 5) is 24.7. The van der Waals surface area contributed by atoms with E-state index in [1.807, 2.05) is 62.4 Å². The number of hydrogen-bond donors (Lipinski definition) is 2. The number of nitrogens with one attached hydrogen (secondary N) is 2. The van der Waals surface area contributed by atoms with E-state index >= 15 is 0 Å². The van der Waals surface area contributed by atoms with E-state index < -0.39 is 0 Å². The minimum absolute atomic E-state index is 0.164. The number of hydrogen-bond acceptors (Lipinski definition) is 2. The van der Waals surface area contributed by atoms with Gasteiger partial charge < -0.3 is 10.6 Å². The molecule has 0 unspecified atom stereocenters. The molecule has 0 heterocycles. The van der Waals surface area contributed by atoms with Gasteiger partial charge in [-0.2, -0.15) is 0 Å². The molecule has 0 spiro atoms. The zero-order chi connectivity index (χ0) is 19.2. The highest BCUT2D eigenvalue weighted by Crippen LogP contribution is 2.15. The molecule has 3 aromatic carbocycles. The van der Waals surface area contributed by atoms with Crippen molar-refractivity contribution in [2.45, 2.75) is 20.4 Å². The largest absolute Gasteiger partial charge is 0.348 e. The molecular weight excluding hydrogens is 336 g/mol. The van der Waals surface area contributed by atoms with Crippen LogP contribution in [-0.2, 0) is 6.54 Å². The number of carbonyl (C=O) groups excluding carboxylic acids is 2. The molecule has 2 N–H and O–H groups in total. The van der Waals surface area contributed by atoms with Gasteiger partial charge in [0.05, 0.1) is 0 Å². The third kappa shape index (κ3) is 4.82. The van der Waals surface area contributed by atoms with Gasteiger partial charge in [-0.25, -0.2) is 0 Å². The molecule has 0 saturated carbocycles. The monoisotopic (exact) mass is 358 g/mol. The van der Waals surface area contributed by atoms with Gasteiger partial charge in [-0.15, -0.1) is 0 Å². The summed E-state index contributed by atoms with van der Waals surface area (Å²) in [5.41, 5.74) is 5.02. The van der Waals surface area contributed by atoms with Gasteiger partial charge in [-0.1, -0.05) is 48.0 Å². The van der Waals surface area contributed by atoms with E-state index in [0.29, 0.717) is 17.7 Å². The number of para-hydroxylation sites is 1. The van der Waals surface area contributed by atoms with Crippen LogP contribution in [0.15, 0.2) is 72.8 Å². The molecule has 0 bridgehead atoms. The maximum atomic E-state index is 12.4. The predicted octanol–water partition coefficient (Wildman–Crippen LogP) is 4.49. The molecule has 0 aliphatic heterocycles. The molecule has 2 amide bonds. The molecule has 4 nitrogen and oxygen atoms in total. The van der Waals surface area contributed by atoms with Crippen LogP contribution in [-0.4, -0.2) is 11.8 Å². The first-order valence-electron chi connectivity index (χ1n) is 8.84. The molecule has 27 heavy (non-hydrogen) atoms. The molecule has 0 saturated heterocycles. The van der Waals surface area contributed by atoms with Crippen LogP contribution in [0, 0.1) is 13.8 Å². The quantitative estimate of drug-likeness (QED) is 0.706. The number of aryl methyl sites for hydroxylation is 2. The Hall–Kier alpha value is -3.40. The molecule has 0 radical (unpaired) electrons. The van der Waals surface area contributed by atoms with Crippen molar-refractivity contribution in [3.8, 4) is 0 Å². The normalized spacial score (nSPS) is 10.3. The van der Waals surface area contributed by atoms with Crippen molar-refractivity contribution in [1.29, 1.82) is 0 Å². The molecule has 3 aromatic rings. The van der Waals surface area contributed by atoms with Crippen LogP contribution in [0.4, 0.5) is 5.69 Å². The van der Waals surface area contributed by atoms with E-state index in [1.54, 1.807) is 24.3 Å².